The summed E-state index contributed by atoms with van der Waals surface area (Å²) in [7, 11) is 0. The highest BCUT2D eigenvalue weighted by molar-refractivity contribution is 8.00. The summed E-state index contributed by atoms with van der Waals surface area (Å²) < 4.78 is 35.3. The first-order valence-electron chi connectivity index (χ1n) is 4.49. The van der Waals surface area contributed by atoms with Crippen molar-refractivity contribution >= 4 is 23.4 Å². The van der Waals surface area contributed by atoms with Crippen molar-refractivity contribution in [2.24, 2.45) is 0 Å². The zero-order valence-electron chi connectivity index (χ0n) is 7.66. The highest BCUT2D eigenvalue weighted by Gasteiger charge is 2.35. The number of rotatable bonds is 5. The van der Waals surface area contributed by atoms with Gasteiger partial charge in [-0.15, -0.1) is 11.6 Å². The molecule has 0 saturated heterocycles. The Balaban J connectivity index is 2.09. The van der Waals surface area contributed by atoms with Crippen molar-refractivity contribution in [3.63, 3.8) is 0 Å². The van der Waals surface area contributed by atoms with Crippen LogP contribution in [-0.2, 0) is 0 Å². The highest BCUT2D eigenvalue weighted by Crippen LogP contribution is 2.33. The molecular formula is C8H13ClF3NS. The number of thioether (sulfide) groups is 1. The summed E-state index contributed by atoms with van der Waals surface area (Å²) in [5.41, 5.74) is -4.19. The van der Waals surface area contributed by atoms with Crippen LogP contribution in [-0.4, -0.2) is 29.2 Å². The molecule has 0 unspecified atom stereocenters. The highest BCUT2D eigenvalue weighted by atomic mass is 35.5. The average molecular weight is 248 g/mol. The molecule has 0 amide bonds. The molecule has 0 aromatic rings. The Morgan fingerprint density at radius 2 is 2.00 bits per heavy atom. The van der Waals surface area contributed by atoms with Crippen LogP contribution < -0.4 is 5.32 Å². The van der Waals surface area contributed by atoms with Crippen LogP contribution in [0, 0.1) is 0 Å². The molecule has 1 aliphatic rings. The predicted molar refractivity (Wildman–Crippen MR) is 53.8 cm³/mol. The fraction of sp³-hybridized carbons (Fsp3) is 1.00. The third-order valence-electron chi connectivity index (χ3n) is 2.43. The molecule has 0 atom stereocenters. The lowest BCUT2D eigenvalue weighted by atomic mass is 9.78. The van der Waals surface area contributed by atoms with E-state index >= 15 is 0 Å². The molecule has 1 rings (SSSR count). The lowest BCUT2D eigenvalue weighted by Crippen LogP contribution is -2.53. The van der Waals surface area contributed by atoms with Gasteiger partial charge in [0, 0.05) is 23.7 Å². The lowest BCUT2D eigenvalue weighted by Gasteiger charge is -2.41. The molecule has 6 heteroatoms. The van der Waals surface area contributed by atoms with Crippen molar-refractivity contribution in [2.45, 2.75) is 30.3 Å². The summed E-state index contributed by atoms with van der Waals surface area (Å²) in [6, 6.07) is 0. The Labute approximate surface area is 90.8 Å². The van der Waals surface area contributed by atoms with Gasteiger partial charge >= 0.3 is 5.51 Å². The van der Waals surface area contributed by atoms with E-state index in [1.54, 1.807) is 0 Å². The second-order valence-electron chi connectivity index (χ2n) is 3.49. The molecule has 1 saturated carbocycles. The Hall–Kier alpha value is 0.390. The van der Waals surface area contributed by atoms with Crippen LogP contribution in [0.1, 0.15) is 19.3 Å². The van der Waals surface area contributed by atoms with Crippen molar-refractivity contribution in [1.82, 2.24) is 5.32 Å². The first-order valence-corrected chi connectivity index (χ1v) is 6.01. The molecule has 0 aliphatic heterocycles. The van der Waals surface area contributed by atoms with Crippen molar-refractivity contribution in [3.8, 4) is 0 Å². The Kier molecular flexibility index (Phi) is 4.40. The van der Waals surface area contributed by atoms with Crippen molar-refractivity contribution in [1.29, 1.82) is 0 Å². The molecule has 0 aromatic carbocycles. The minimum absolute atomic E-state index is 0.0137. The first-order chi connectivity index (χ1) is 6.47. The molecule has 1 nitrogen and oxygen atoms in total. The van der Waals surface area contributed by atoms with Crippen LogP contribution in [0.2, 0.25) is 0 Å². The summed E-state index contributed by atoms with van der Waals surface area (Å²) >= 11 is 5.75. The third-order valence-corrected chi connectivity index (χ3v) is 3.68. The zero-order chi connectivity index (χ0) is 10.7. The molecular weight excluding hydrogens is 235 g/mol. The summed E-state index contributed by atoms with van der Waals surface area (Å²) in [5.74, 6) is 0.547. The van der Waals surface area contributed by atoms with Crippen LogP contribution in [0.25, 0.3) is 0 Å². The van der Waals surface area contributed by atoms with Crippen LogP contribution >= 0.6 is 23.4 Å². The van der Waals surface area contributed by atoms with Gasteiger partial charge in [0.25, 0.3) is 0 Å². The Bertz CT molecular complexity index is 176. The monoisotopic (exact) mass is 247 g/mol. The quantitative estimate of drug-likeness (QED) is 0.592. The molecule has 0 heterocycles. The number of nitrogens with one attached hydrogen (secondary N) is 1. The van der Waals surface area contributed by atoms with Crippen LogP contribution in [0.5, 0.6) is 0 Å². The minimum Gasteiger partial charge on any atom is -0.309 e. The summed E-state index contributed by atoms with van der Waals surface area (Å²) in [6.07, 6.45) is 3.08. The molecule has 0 aromatic heterocycles. The maximum Gasteiger partial charge on any atom is 0.441 e. The van der Waals surface area contributed by atoms with Gasteiger partial charge in [0.1, 0.15) is 0 Å². The van der Waals surface area contributed by atoms with Crippen molar-refractivity contribution < 1.29 is 13.2 Å². The lowest BCUT2D eigenvalue weighted by molar-refractivity contribution is -0.0328. The second kappa shape index (κ2) is 4.94. The maximum atomic E-state index is 11.8. The van der Waals surface area contributed by atoms with E-state index in [9.17, 15) is 13.2 Å². The maximum absolute atomic E-state index is 11.8. The number of alkyl halides is 4. The number of hydrogen-bond donors (Lipinski definition) is 1. The van der Waals surface area contributed by atoms with Crippen molar-refractivity contribution in [3.05, 3.63) is 0 Å². The predicted octanol–water partition coefficient (Wildman–Crippen LogP) is 2.99. The first kappa shape index (κ1) is 12.5. The van der Waals surface area contributed by atoms with E-state index in [1.165, 1.54) is 0 Å². The van der Waals surface area contributed by atoms with E-state index in [1.807, 2.05) is 0 Å². The molecule has 1 aliphatic carbocycles. The molecule has 0 bridgehead atoms. The van der Waals surface area contributed by atoms with Gasteiger partial charge in [0.2, 0.25) is 0 Å². The van der Waals surface area contributed by atoms with Gasteiger partial charge in [-0.2, -0.15) is 13.2 Å². The summed E-state index contributed by atoms with van der Waals surface area (Å²) in [5, 5.41) is 3.10. The minimum atomic E-state index is -4.12. The molecule has 0 radical (unpaired) electrons. The fourth-order valence-corrected chi connectivity index (χ4v) is 2.24. The van der Waals surface area contributed by atoms with Crippen LogP contribution in [0.15, 0.2) is 0 Å². The zero-order valence-corrected chi connectivity index (χ0v) is 9.24. The van der Waals surface area contributed by atoms with E-state index in [0.717, 1.165) is 19.3 Å². The summed E-state index contributed by atoms with van der Waals surface area (Å²) in [6.45, 7) is 0.372. The number of halogens is 4. The van der Waals surface area contributed by atoms with E-state index in [0.29, 0.717) is 12.4 Å². The smallest absolute Gasteiger partial charge is 0.309 e. The molecule has 1 N–H and O–H groups in total. The van der Waals surface area contributed by atoms with Crippen LogP contribution in [0.3, 0.4) is 0 Å². The average Bonchev–Trinajstić information content (AvgIpc) is 2.00. The fourth-order valence-electron chi connectivity index (χ4n) is 1.44. The Morgan fingerprint density at radius 3 is 2.36 bits per heavy atom. The SMILES string of the molecule is FC(F)(F)SCCNC1(CCl)CCC1. The van der Waals surface area contributed by atoms with Gasteiger partial charge < -0.3 is 5.32 Å². The second-order valence-corrected chi connectivity index (χ2v) is 4.92. The topological polar surface area (TPSA) is 12.0 Å². The van der Waals surface area contributed by atoms with Gasteiger partial charge in [0.05, 0.1) is 0 Å². The summed E-state index contributed by atoms with van der Waals surface area (Å²) in [4.78, 5) is 0. The van der Waals surface area contributed by atoms with E-state index in [-0.39, 0.29) is 23.1 Å². The number of hydrogen-bond acceptors (Lipinski definition) is 2. The normalized spacial score (nSPS) is 20.6. The largest absolute Gasteiger partial charge is 0.441 e. The molecule has 84 valence electrons. The Morgan fingerprint density at radius 1 is 1.36 bits per heavy atom. The van der Waals surface area contributed by atoms with Gasteiger partial charge in [-0.05, 0) is 31.0 Å². The molecule has 0 spiro atoms. The van der Waals surface area contributed by atoms with Crippen LogP contribution in [0.4, 0.5) is 13.2 Å². The molecule has 14 heavy (non-hydrogen) atoms. The van der Waals surface area contributed by atoms with Gasteiger partial charge in [-0.1, -0.05) is 0 Å². The van der Waals surface area contributed by atoms with Gasteiger partial charge in [-0.3, -0.25) is 0 Å². The third kappa shape index (κ3) is 3.87. The van der Waals surface area contributed by atoms with Gasteiger partial charge in [-0.25, -0.2) is 0 Å². The van der Waals surface area contributed by atoms with Crippen molar-refractivity contribution in [2.75, 3.05) is 18.2 Å². The van der Waals surface area contributed by atoms with E-state index < -0.39 is 5.51 Å². The van der Waals surface area contributed by atoms with Gasteiger partial charge in [0.15, 0.2) is 0 Å². The molecule has 1 fully saturated rings. The van der Waals surface area contributed by atoms with E-state index in [4.69, 9.17) is 11.6 Å². The standard InChI is InChI=1S/C8H13ClF3NS/c9-6-7(2-1-3-7)13-4-5-14-8(10,11)12/h13H,1-6H2. The van der Waals surface area contributed by atoms with E-state index in [2.05, 4.69) is 5.32 Å².